The molecule has 5 aromatic carbocycles. The van der Waals surface area contributed by atoms with Crippen LogP contribution in [0.25, 0.3) is 32.7 Å². The third-order valence-electron chi connectivity index (χ3n) is 13.1. The monoisotopic (exact) mass is 1370 g/mol. The normalized spacial score (nSPS) is 11.1. The van der Waals surface area contributed by atoms with Gasteiger partial charge in [-0.3, -0.25) is 14.4 Å². The van der Waals surface area contributed by atoms with Gasteiger partial charge in [-0.1, -0.05) is 24.3 Å². The second kappa shape index (κ2) is 36.9. The van der Waals surface area contributed by atoms with E-state index in [4.69, 9.17) is 35.4 Å². The Morgan fingerprint density at radius 1 is 0.667 bits per heavy atom. The number of rotatable bonds is 19. The summed E-state index contributed by atoms with van der Waals surface area (Å²) in [6.07, 6.45) is 8.99. The van der Waals surface area contributed by atoms with Crippen molar-refractivity contribution in [3.8, 4) is 29.4 Å². The lowest BCUT2D eigenvalue weighted by Gasteiger charge is -2.19. The highest BCUT2D eigenvalue weighted by molar-refractivity contribution is 9.10. The number of esters is 1. The van der Waals surface area contributed by atoms with Crippen molar-refractivity contribution < 1.29 is 52.0 Å². The number of aliphatic hydroxyl groups is 1. The van der Waals surface area contributed by atoms with Crippen molar-refractivity contribution in [2.75, 3.05) is 50.6 Å². The number of carbonyl (C=O) groups is 3. The Morgan fingerprint density at radius 3 is 1.75 bits per heavy atom. The number of nitrogens with one attached hydrogen (secondary N) is 4. The van der Waals surface area contributed by atoms with E-state index in [9.17, 15) is 32.8 Å². The number of ether oxygens (including phenoxy) is 3. The molecule has 0 radical (unpaired) electrons. The van der Waals surface area contributed by atoms with Crippen LogP contribution >= 0.6 is 15.9 Å². The molecule has 0 aliphatic rings. The van der Waals surface area contributed by atoms with Crippen molar-refractivity contribution in [3.05, 3.63) is 215 Å². The maximum absolute atomic E-state index is 13.5. The van der Waals surface area contributed by atoms with Crippen LogP contribution in [-0.4, -0.2) is 113 Å². The Hall–Kier alpha value is -11.1. The Bertz CT molecular complexity index is 4290. The minimum Gasteiger partial charge on any atom is -0.508 e. The Kier molecular flexibility index (Phi) is 28.4. The lowest BCUT2D eigenvalue weighted by atomic mass is 10.1. The van der Waals surface area contributed by atoms with Gasteiger partial charge in [0, 0.05) is 73.8 Å². The number of anilines is 2. The molecule has 2 atom stereocenters. The molecule has 0 saturated heterocycles. The van der Waals surface area contributed by atoms with Crippen molar-refractivity contribution in [3.63, 3.8) is 0 Å². The zero-order valence-corrected chi connectivity index (χ0v) is 54.9. The number of hydrogen-bond donors (Lipinski definition) is 7. The number of hydrogen-bond acceptors (Lipinski definition) is 21. The number of pyridine rings is 2. The van der Waals surface area contributed by atoms with Gasteiger partial charge in [-0.25, -0.2) is 48.7 Å². The van der Waals surface area contributed by atoms with E-state index in [1.54, 1.807) is 75.9 Å². The SMILES string of the molecule is CC(C)(C)OC(=O)CCCO.CNc1ncc2cc(OCCNc3ncc(C#N)cc3C(=O)N[C@@H](C)c3ccc(F)cc3)ccc2n1.C[C@H](NC(=O)c1cc(C#N)cnc1F)c1ccc(F)cc1.Oc1ccc2nc(Br)ncc2c1.[CH2+]Cc1ncc2cc(OCCN)ccc2n1. The molecule has 0 fully saturated rings. The zero-order valence-electron chi connectivity index (χ0n) is 53.3. The van der Waals surface area contributed by atoms with Crippen molar-refractivity contribution in [2.24, 2.45) is 5.73 Å². The summed E-state index contributed by atoms with van der Waals surface area (Å²) < 4.78 is 56.4. The van der Waals surface area contributed by atoms with E-state index in [-0.39, 0.29) is 58.3 Å². The number of carbonyl (C=O) groups excluding carboxylic acids is 3. The third-order valence-corrected chi connectivity index (χ3v) is 13.4. The molecular formula is C69H70BrF3N15O8+. The van der Waals surface area contributed by atoms with Gasteiger partial charge in [0.05, 0.1) is 64.4 Å². The molecule has 23 nitrogen and oxygen atoms in total. The summed E-state index contributed by atoms with van der Waals surface area (Å²) in [4.78, 5) is 68.7. The molecule has 27 heteroatoms. The Labute approximate surface area is 560 Å². The molecule has 0 bridgehead atoms. The molecule has 8 N–H and O–H groups in total. The molecule has 0 unspecified atom stereocenters. The molecule has 10 aromatic rings. The minimum atomic E-state index is -0.946. The molecule has 2 amide bonds. The van der Waals surface area contributed by atoms with E-state index < -0.39 is 29.4 Å². The smallest absolute Gasteiger partial charge is 0.306 e. The van der Waals surface area contributed by atoms with Crippen LogP contribution in [0.5, 0.6) is 17.2 Å². The average molecular weight is 1370 g/mol. The molecule has 0 saturated carbocycles. The van der Waals surface area contributed by atoms with Gasteiger partial charge < -0.3 is 51.4 Å². The Balaban J connectivity index is 0.000000206. The van der Waals surface area contributed by atoms with E-state index >= 15 is 0 Å². The molecule has 0 spiro atoms. The lowest BCUT2D eigenvalue weighted by Crippen LogP contribution is -2.28. The second-order valence-electron chi connectivity index (χ2n) is 21.5. The van der Waals surface area contributed by atoms with E-state index in [1.165, 1.54) is 48.7 Å². The van der Waals surface area contributed by atoms with Gasteiger partial charge in [-0.2, -0.15) is 14.9 Å². The molecule has 5 aromatic heterocycles. The zero-order chi connectivity index (χ0) is 69.7. The fraction of sp³-hybridized carbons (Fsp3) is 0.246. The van der Waals surface area contributed by atoms with Gasteiger partial charge in [0.15, 0.2) is 10.6 Å². The van der Waals surface area contributed by atoms with Crippen LogP contribution in [0.2, 0.25) is 0 Å². The number of phenols is 1. The first-order valence-electron chi connectivity index (χ1n) is 29.7. The number of halogens is 4. The molecule has 0 aliphatic carbocycles. The summed E-state index contributed by atoms with van der Waals surface area (Å²) in [6.45, 7) is 14.4. The van der Waals surface area contributed by atoms with Crippen molar-refractivity contribution in [2.45, 2.75) is 71.6 Å². The number of aromatic nitrogens is 8. The predicted molar refractivity (Wildman–Crippen MR) is 360 cm³/mol. The van der Waals surface area contributed by atoms with Crippen LogP contribution in [0, 0.1) is 47.2 Å². The number of amides is 2. The molecule has 0 aliphatic heterocycles. The van der Waals surface area contributed by atoms with Crippen molar-refractivity contribution in [1.82, 2.24) is 50.5 Å². The second-order valence-corrected chi connectivity index (χ2v) is 22.2. The number of nitriles is 2. The minimum absolute atomic E-state index is 0.0409. The highest BCUT2D eigenvalue weighted by Gasteiger charge is 2.20. The van der Waals surface area contributed by atoms with Gasteiger partial charge in [-0.15, -0.1) is 0 Å². The summed E-state index contributed by atoms with van der Waals surface area (Å²) in [5, 5.41) is 49.6. The van der Waals surface area contributed by atoms with E-state index in [0.717, 1.165) is 62.1 Å². The largest absolute Gasteiger partial charge is 0.508 e. The van der Waals surface area contributed by atoms with Gasteiger partial charge in [0.1, 0.15) is 72.1 Å². The van der Waals surface area contributed by atoms with E-state index in [2.05, 4.69) is 84.0 Å². The number of nitrogens with zero attached hydrogens (tertiary/aromatic N) is 10. The first-order chi connectivity index (χ1) is 46.0. The van der Waals surface area contributed by atoms with Crippen LogP contribution < -0.4 is 36.5 Å². The summed E-state index contributed by atoms with van der Waals surface area (Å²) in [6, 6.07) is 33.3. The van der Waals surface area contributed by atoms with Crippen molar-refractivity contribution in [1.29, 1.82) is 10.5 Å². The van der Waals surface area contributed by atoms with Crippen LogP contribution in [0.1, 0.15) is 108 Å². The fourth-order valence-corrected chi connectivity index (χ4v) is 8.63. The van der Waals surface area contributed by atoms with Crippen LogP contribution in [0.3, 0.4) is 0 Å². The fourth-order valence-electron chi connectivity index (χ4n) is 8.34. The summed E-state index contributed by atoms with van der Waals surface area (Å²) >= 11 is 3.17. The number of benzene rings is 5. The quantitative estimate of drug-likeness (QED) is 0.0130. The van der Waals surface area contributed by atoms with Gasteiger partial charge in [0.2, 0.25) is 11.9 Å². The molecule has 5 heterocycles. The predicted octanol–water partition coefficient (Wildman–Crippen LogP) is 11.3. The highest BCUT2D eigenvalue weighted by Crippen LogP contribution is 2.24. The molecular weight excluding hydrogens is 1300 g/mol. The standard InChI is InChI=1S/C26H24FN7O2.C15H11F2N3O.C12H14N3O.C8H5BrN2O.C8H16O3/c1-16(18-3-5-20(27)6-4-18)33-25(35)22-11-17(13-28)14-31-24(22)30-9-10-36-21-7-8-23-19(12-21)15-32-26(29-2)34-23;1-9(11-2-4-12(16)5-3-11)20-15(21)13-6-10(7-18)8-19-14(13)17;1-2-12-14-8-9-7-10(16-6-5-13)3-4-11(9)15-12;9-8-10-4-5-3-6(12)1-2-7(5)11-8;1-8(2,3)11-7(10)5-4-6-9/h3-8,11-12,14-16H,9-10H2,1-2H3,(H,30,31)(H,33,35)(H,29,32,34);2-6,8-9H,1H3,(H,20,21);3-4,7-8H,1-2,5-6,13H2;1-4,12H;9H,4-6H2,1-3H3/q;;+1;;/t16-;9-;;;/m00.../s1. The highest BCUT2D eigenvalue weighted by atomic mass is 79.9. The Morgan fingerprint density at radius 2 is 1.19 bits per heavy atom. The number of nitrogens with two attached hydrogens (primary N) is 1. The van der Waals surface area contributed by atoms with Crippen molar-refractivity contribution >= 4 is 78.2 Å². The summed E-state index contributed by atoms with van der Waals surface area (Å²) in [5.41, 5.74) is 9.19. The van der Waals surface area contributed by atoms with Crippen LogP contribution in [-0.2, 0) is 16.0 Å². The molecule has 496 valence electrons. The van der Waals surface area contributed by atoms with E-state index in [0.29, 0.717) is 73.4 Å². The van der Waals surface area contributed by atoms with Gasteiger partial charge in [-0.05, 0) is 159 Å². The number of aliphatic hydroxyl groups excluding tert-OH is 1. The van der Waals surface area contributed by atoms with Crippen LogP contribution in [0.15, 0.2) is 151 Å². The lowest BCUT2D eigenvalue weighted by molar-refractivity contribution is -0.155. The molecule has 96 heavy (non-hydrogen) atoms. The summed E-state index contributed by atoms with van der Waals surface area (Å²) in [5.74, 6) is 0.291. The number of fused-ring (bicyclic) bond motifs is 3. The first-order valence-corrected chi connectivity index (χ1v) is 30.5. The van der Waals surface area contributed by atoms with Gasteiger partial charge in [0.25, 0.3) is 11.8 Å². The molecule has 10 rings (SSSR count). The van der Waals surface area contributed by atoms with E-state index in [1.807, 2.05) is 63.2 Å². The maximum atomic E-state index is 13.5. The summed E-state index contributed by atoms with van der Waals surface area (Å²) in [7, 11) is 1.76. The van der Waals surface area contributed by atoms with Gasteiger partial charge >= 0.3 is 5.97 Å². The first kappa shape index (κ1) is 73.9. The number of phenolic OH excluding ortho intramolecular Hbond substituents is 1. The van der Waals surface area contributed by atoms with Crippen LogP contribution in [0.4, 0.5) is 24.9 Å². The number of aromatic hydroxyl groups is 1. The topological polar surface area (TPSA) is 344 Å². The average Bonchev–Trinajstić information content (AvgIpc) is 0.876. The third kappa shape index (κ3) is 23.8. The maximum Gasteiger partial charge on any atom is 0.306 e.